The summed E-state index contributed by atoms with van der Waals surface area (Å²) in [6.45, 7) is -1.24. The van der Waals surface area contributed by atoms with Gasteiger partial charge >= 0.3 is 11.0 Å². The van der Waals surface area contributed by atoms with Crippen molar-refractivity contribution in [2.45, 2.75) is 12.7 Å². The Kier molecular flexibility index (Phi) is 3.70. The summed E-state index contributed by atoms with van der Waals surface area (Å²) in [4.78, 5) is 10.7. The lowest BCUT2D eigenvalue weighted by molar-refractivity contribution is -0.174. The third-order valence-electron chi connectivity index (χ3n) is 1.39. The highest BCUT2D eigenvalue weighted by Crippen LogP contribution is 2.14. The van der Waals surface area contributed by atoms with Crippen LogP contribution in [0, 0.1) is 0 Å². The fraction of sp³-hybridized carbons (Fsp3) is 0.571. The first kappa shape index (κ1) is 11.3. The van der Waals surface area contributed by atoms with E-state index in [0.717, 1.165) is 11.3 Å². The van der Waals surface area contributed by atoms with Crippen LogP contribution in [0.1, 0.15) is 0 Å². The van der Waals surface area contributed by atoms with E-state index in [1.54, 1.807) is 5.38 Å². The zero-order valence-corrected chi connectivity index (χ0v) is 7.90. The molecule has 1 aromatic rings. The molecule has 7 heteroatoms. The van der Waals surface area contributed by atoms with Crippen molar-refractivity contribution in [2.75, 3.05) is 13.2 Å². The third-order valence-corrected chi connectivity index (χ3v) is 2.08. The van der Waals surface area contributed by atoms with Gasteiger partial charge in [-0.2, -0.15) is 13.2 Å². The second kappa shape index (κ2) is 4.61. The predicted octanol–water partition coefficient (Wildman–Crippen LogP) is 1.49. The van der Waals surface area contributed by atoms with Crippen molar-refractivity contribution in [3.63, 3.8) is 0 Å². The first-order valence-electron chi connectivity index (χ1n) is 3.77. The first-order chi connectivity index (χ1) is 6.49. The third kappa shape index (κ3) is 3.93. The number of hydrogen-bond acceptors (Lipinski definition) is 3. The Balaban J connectivity index is 2.23. The molecule has 80 valence electrons. The van der Waals surface area contributed by atoms with Gasteiger partial charge in [0.2, 0.25) is 0 Å². The molecule has 3 nitrogen and oxygen atoms in total. The number of ether oxygens (including phenoxy) is 1. The monoisotopic (exact) mass is 227 g/mol. The fourth-order valence-corrected chi connectivity index (χ4v) is 1.42. The van der Waals surface area contributed by atoms with Gasteiger partial charge in [0.25, 0.3) is 0 Å². The van der Waals surface area contributed by atoms with E-state index >= 15 is 0 Å². The van der Waals surface area contributed by atoms with Crippen LogP contribution in [0.3, 0.4) is 0 Å². The lowest BCUT2D eigenvalue weighted by Gasteiger charge is -2.07. The Labute approximate surface area is 81.7 Å². The topological polar surface area (TPSA) is 31.2 Å². The van der Waals surface area contributed by atoms with Gasteiger partial charge in [0, 0.05) is 18.1 Å². The van der Waals surface area contributed by atoms with Crippen LogP contribution in [-0.4, -0.2) is 24.0 Å². The summed E-state index contributed by atoms with van der Waals surface area (Å²) in [7, 11) is 0. The maximum atomic E-state index is 11.6. The quantitative estimate of drug-likeness (QED) is 0.730. The number of alkyl halides is 3. The molecule has 0 saturated carbocycles. The average molecular weight is 227 g/mol. The number of aromatic nitrogens is 1. The highest BCUT2D eigenvalue weighted by molar-refractivity contribution is 7.07. The van der Waals surface area contributed by atoms with E-state index in [2.05, 4.69) is 4.74 Å². The minimum absolute atomic E-state index is 0.115. The normalized spacial score (nSPS) is 11.9. The van der Waals surface area contributed by atoms with E-state index in [1.807, 2.05) is 0 Å². The highest BCUT2D eigenvalue weighted by Gasteiger charge is 2.27. The van der Waals surface area contributed by atoms with Gasteiger partial charge in [-0.3, -0.25) is 4.79 Å². The van der Waals surface area contributed by atoms with Crippen LogP contribution in [0.15, 0.2) is 16.4 Å². The molecular weight excluding hydrogens is 219 g/mol. The maximum Gasteiger partial charge on any atom is 0.411 e. The van der Waals surface area contributed by atoms with Gasteiger partial charge in [-0.15, -0.1) is 0 Å². The van der Waals surface area contributed by atoms with E-state index in [0.29, 0.717) is 0 Å². The van der Waals surface area contributed by atoms with Gasteiger partial charge in [-0.25, -0.2) is 0 Å². The van der Waals surface area contributed by atoms with E-state index in [1.165, 1.54) is 10.8 Å². The van der Waals surface area contributed by atoms with Crippen molar-refractivity contribution in [1.29, 1.82) is 0 Å². The van der Waals surface area contributed by atoms with Gasteiger partial charge in [-0.1, -0.05) is 11.3 Å². The van der Waals surface area contributed by atoms with Crippen LogP contribution in [-0.2, 0) is 11.3 Å². The van der Waals surface area contributed by atoms with Crippen LogP contribution in [0.2, 0.25) is 0 Å². The lowest BCUT2D eigenvalue weighted by atomic mass is 10.6. The van der Waals surface area contributed by atoms with Crippen molar-refractivity contribution in [1.82, 2.24) is 4.57 Å². The van der Waals surface area contributed by atoms with Gasteiger partial charge in [0.05, 0.1) is 6.61 Å². The highest BCUT2D eigenvalue weighted by atomic mass is 32.1. The predicted molar refractivity (Wildman–Crippen MR) is 45.5 cm³/mol. The Morgan fingerprint density at radius 3 is 2.71 bits per heavy atom. The summed E-state index contributed by atoms with van der Waals surface area (Å²) in [5.41, 5.74) is 0. The largest absolute Gasteiger partial charge is 0.411 e. The molecule has 0 fully saturated rings. The molecule has 0 amide bonds. The van der Waals surface area contributed by atoms with Crippen LogP contribution >= 0.6 is 11.3 Å². The fourth-order valence-electron chi connectivity index (χ4n) is 0.807. The molecule has 0 bridgehead atoms. The molecule has 0 aromatic carbocycles. The SMILES string of the molecule is O=c1sccn1CCOCC(F)(F)F. The van der Waals surface area contributed by atoms with Crippen LogP contribution in [0.25, 0.3) is 0 Å². The number of nitrogens with zero attached hydrogens (tertiary/aromatic N) is 1. The van der Waals surface area contributed by atoms with Gasteiger partial charge in [0.1, 0.15) is 6.61 Å². The Hall–Kier alpha value is -0.820. The van der Waals surface area contributed by atoms with E-state index in [-0.39, 0.29) is 18.0 Å². The van der Waals surface area contributed by atoms with E-state index in [9.17, 15) is 18.0 Å². The number of hydrogen-bond donors (Lipinski definition) is 0. The smallest absolute Gasteiger partial charge is 0.370 e. The summed E-state index contributed by atoms with van der Waals surface area (Å²) in [6, 6.07) is 0. The lowest BCUT2D eigenvalue weighted by Crippen LogP contribution is -2.21. The van der Waals surface area contributed by atoms with Crippen molar-refractivity contribution in [2.24, 2.45) is 0 Å². The van der Waals surface area contributed by atoms with Gasteiger partial charge < -0.3 is 9.30 Å². The standard InChI is InChI=1S/C7H8F3NO2S/c8-7(9,10)5-13-3-1-11-2-4-14-6(11)12/h2,4H,1,3,5H2. The van der Waals surface area contributed by atoms with Crippen molar-refractivity contribution in [3.8, 4) is 0 Å². The Bertz CT molecular complexity index is 330. The molecule has 1 heterocycles. The van der Waals surface area contributed by atoms with Crippen LogP contribution < -0.4 is 4.87 Å². The van der Waals surface area contributed by atoms with Gasteiger partial charge in [-0.05, 0) is 0 Å². The molecular formula is C7H8F3NO2S. The summed E-state index contributed by atoms with van der Waals surface area (Å²) in [5, 5.41) is 1.58. The van der Waals surface area contributed by atoms with Crippen molar-refractivity contribution >= 4 is 11.3 Å². The van der Waals surface area contributed by atoms with Crippen LogP contribution in [0.5, 0.6) is 0 Å². The summed E-state index contributed by atoms with van der Waals surface area (Å²) >= 11 is 0.998. The zero-order valence-electron chi connectivity index (χ0n) is 7.08. The maximum absolute atomic E-state index is 11.6. The molecule has 14 heavy (non-hydrogen) atoms. The average Bonchev–Trinajstić information content (AvgIpc) is 2.44. The Morgan fingerprint density at radius 2 is 2.21 bits per heavy atom. The summed E-state index contributed by atoms with van der Waals surface area (Å²) < 4.78 is 40.5. The molecule has 0 aliphatic rings. The van der Waals surface area contributed by atoms with E-state index < -0.39 is 12.8 Å². The zero-order chi connectivity index (χ0) is 10.6. The molecule has 0 N–H and O–H groups in total. The van der Waals surface area contributed by atoms with Crippen molar-refractivity contribution in [3.05, 3.63) is 21.2 Å². The van der Waals surface area contributed by atoms with E-state index in [4.69, 9.17) is 0 Å². The molecule has 0 unspecified atom stereocenters. The number of rotatable bonds is 4. The molecule has 1 aromatic heterocycles. The van der Waals surface area contributed by atoms with Gasteiger partial charge in [0.15, 0.2) is 0 Å². The molecule has 1 rings (SSSR count). The van der Waals surface area contributed by atoms with Crippen molar-refractivity contribution < 1.29 is 17.9 Å². The molecule has 0 aliphatic carbocycles. The second-order valence-electron chi connectivity index (χ2n) is 2.53. The molecule has 0 saturated heterocycles. The molecule has 0 aliphatic heterocycles. The van der Waals surface area contributed by atoms with Crippen LogP contribution in [0.4, 0.5) is 13.2 Å². The summed E-state index contributed by atoms with van der Waals surface area (Å²) in [5.74, 6) is 0. The summed E-state index contributed by atoms with van der Waals surface area (Å²) in [6.07, 6.45) is -2.79. The second-order valence-corrected chi connectivity index (χ2v) is 3.39. The molecule has 0 spiro atoms. The number of thiazole rings is 1. The molecule has 0 radical (unpaired) electrons. The minimum Gasteiger partial charge on any atom is -0.370 e. The number of halogens is 3. The minimum atomic E-state index is -4.31. The Morgan fingerprint density at radius 1 is 1.50 bits per heavy atom. The molecule has 0 atom stereocenters. The first-order valence-corrected chi connectivity index (χ1v) is 4.65.